The van der Waals surface area contributed by atoms with E-state index < -0.39 is 10.0 Å². The molecule has 0 aliphatic heterocycles. The van der Waals surface area contributed by atoms with E-state index >= 15 is 0 Å². The maximum absolute atomic E-state index is 12.6. The fraction of sp³-hybridized carbons (Fsp3) is 0.174. The van der Waals surface area contributed by atoms with Crippen LogP contribution in [0, 0.1) is 13.8 Å². The summed E-state index contributed by atoms with van der Waals surface area (Å²) >= 11 is 1.47. The maximum Gasteiger partial charge on any atom is 0.261 e. The van der Waals surface area contributed by atoms with E-state index in [0.717, 1.165) is 10.5 Å². The van der Waals surface area contributed by atoms with Crippen molar-refractivity contribution >= 4 is 39.1 Å². The van der Waals surface area contributed by atoms with Crippen LogP contribution < -0.4 is 10.0 Å². The summed E-state index contributed by atoms with van der Waals surface area (Å²) in [6, 6.07) is 21.3. The molecule has 3 aromatic rings. The third kappa shape index (κ3) is 5.64. The largest absolute Gasteiger partial charge is 0.325 e. The van der Waals surface area contributed by atoms with Crippen LogP contribution in [0.2, 0.25) is 0 Å². The molecule has 0 fully saturated rings. The number of anilines is 2. The van der Waals surface area contributed by atoms with Gasteiger partial charge >= 0.3 is 0 Å². The number of benzene rings is 3. The predicted octanol–water partition coefficient (Wildman–Crippen LogP) is 5.22. The van der Waals surface area contributed by atoms with E-state index in [0.29, 0.717) is 11.4 Å². The van der Waals surface area contributed by atoms with Crippen molar-refractivity contribution in [1.82, 2.24) is 0 Å². The van der Waals surface area contributed by atoms with Gasteiger partial charge in [-0.25, -0.2) is 8.42 Å². The summed E-state index contributed by atoms with van der Waals surface area (Å²) in [4.78, 5) is 13.6. The number of para-hydroxylation sites is 1. The van der Waals surface area contributed by atoms with Crippen LogP contribution >= 0.6 is 11.8 Å². The Morgan fingerprint density at radius 1 is 0.900 bits per heavy atom. The molecule has 0 aromatic heterocycles. The standard InChI is InChI=1S/C23H24N2O3S2/c1-16-8-12-20(13-9-16)29-18(3)23(26)24-19-10-14-21(15-11-19)30(27,28)25-22-7-5-4-6-17(22)2/h4-15,18,25H,1-3H3,(H,24,26)/t18-/m0/s1. The number of hydrogen-bond donors (Lipinski definition) is 2. The van der Waals surface area contributed by atoms with Gasteiger partial charge in [0.1, 0.15) is 0 Å². The second kappa shape index (κ2) is 9.36. The van der Waals surface area contributed by atoms with Crippen LogP contribution in [0.5, 0.6) is 0 Å². The van der Waals surface area contributed by atoms with Crippen LogP contribution in [0.3, 0.4) is 0 Å². The molecular weight excluding hydrogens is 416 g/mol. The van der Waals surface area contributed by atoms with Crippen LogP contribution in [-0.2, 0) is 14.8 Å². The maximum atomic E-state index is 12.6. The zero-order valence-electron chi connectivity index (χ0n) is 17.0. The van der Waals surface area contributed by atoms with Gasteiger partial charge in [0.05, 0.1) is 15.8 Å². The lowest BCUT2D eigenvalue weighted by molar-refractivity contribution is -0.115. The summed E-state index contributed by atoms with van der Waals surface area (Å²) in [5.74, 6) is -0.144. The molecule has 3 aromatic carbocycles. The lowest BCUT2D eigenvalue weighted by Crippen LogP contribution is -2.22. The molecule has 0 unspecified atom stereocenters. The molecule has 30 heavy (non-hydrogen) atoms. The van der Waals surface area contributed by atoms with Gasteiger partial charge in [0.15, 0.2) is 0 Å². The van der Waals surface area contributed by atoms with Gasteiger partial charge in [0.2, 0.25) is 5.91 Å². The molecule has 0 aliphatic rings. The molecule has 0 saturated heterocycles. The van der Waals surface area contributed by atoms with Crippen LogP contribution in [0.1, 0.15) is 18.1 Å². The van der Waals surface area contributed by atoms with Crippen molar-refractivity contribution in [2.45, 2.75) is 35.8 Å². The van der Waals surface area contributed by atoms with Crippen LogP contribution in [0.25, 0.3) is 0 Å². The van der Waals surface area contributed by atoms with E-state index in [9.17, 15) is 13.2 Å². The quantitative estimate of drug-likeness (QED) is 0.494. The Hall–Kier alpha value is -2.77. The minimum atomic E-state index is -3.71. The Bertz CT molecular complexity index is 1130. The van der Waals surface area contributed by atoms with Crippen molar-refractivity contribution in [3.05, 3.63) is 83.9 Å². The molecule has 0 aliphatic carbocycles. The number of sulfonamides is 1. The molecule has 0 heterocycles. The molecule has 0 spiro atoms. The molecule has 3 rings (SSSR count). The number of carbonyl (C=O) groups is 1. The molecule has 5 nitrogen and oxygen atoms in total. The zero-order valence-corrected chi connectivity index (χ0v) is 18.7. The number of aryl methyl sites for hydroxylation is 2. The Kier molecular flexibility index (Phi) is 6.84. The lowest BCUT2D eigenvalue weighted by Gasteiger charge is -2.13. The van der Waals surface area contributed by atoms with Gasteiger partial charge < -0.3 is 5.32 Å². The van der Waals surface area contributed by atoms with E-state index in [2.05, 4.69) is 10.0 Å². The van der Waals surface area contributed by atoms with Crippen molar-refractivity contribution in [2.24, 2.45) is 0 Å². The molecule has 1 atom stereocenters. The highest BCUT2D eigenvalue weighted by Gasteiger charge is 2.17. The molecule has 0 radical (unpaired) electrons. The van der Waals surface area contributed by atoms with Gasteiger partial charge in [-0.05, 0) is 68.8 Å². The summed E-state index contributed by atoms with van der Waals surface area (Å²) in [7, 11) is -3.71. The van der Waals surface area contributed by atoms with Gasteiger partial charge in [0, 0.05) is 10.6 Å². The van der Waals surface area contributed by atoms with Gasteiger partial charge in [0.25, 0.3) is 10.0 Å². The first-order chi connectivity index (χ1) is 14.2. The molecule has 1 amide bonds. The third-order valence-corrected chi connectivity index (χ3v) is 7.02. The highest BCUT2D eigenvalue weighted by molar-refractivity contribution is 8.00. The van der Waals surface area contributed by atoms with Crippen molar-refractivity contribution in [2.75, 3.05) is 10.0 Å². The second-order valence-corrected chi connectivity index (χ2v) is 10.1. The average Bonchev–Trinajstić information content (AvgIpc) is 2.71. The molecule has 156 valence electrons. The first kappa shape index (κ1) is 21.9. The van der Waals surface area contributed by atoms with Crippen molar-refractivity contribution in [3.63, 3.8) is 0 Å². The van der Waals surface area contributed by atoms with E-state index in [1.165, 1.54) is 29.5 Å². The molecule has 2 N–H and O–H groups in total. The molecule has 0 bridgehead atoms. The van der Waals surface area contributed by atoms with E-state index in [4.69, 9.17) is 0 Å². The van der Waals surface area contributed by atoms with Crippen LogP contribution in [0.4, 0.5) is 11.4 Å². The summed E-state index contributed by atoms with van der Waals surface area (Å²) in [5, 5.41) is 2.54. The first-order valence-electron chi connectivity index (χ1n) is 9.47. The Morgan fingerprint density at radius 3 is 2.17 bits per heavy atom. The summed E-state index contributed by atoms with van der Waals surface area (Å²) in [5.41, 5.74) is 3.09. The van der Waals surface area contributed by atoms with Gasteiger partial charge in [-0.15, -0.1) is 11.8 Å². The molecule has 0 saturated carbocycles. The first-order valence-corrected chi connectivity index (χ1v) is 11.8. The second-order valence-electron chi connectivity index (χ2n) is 7.01. The van der Waals surface area contributed by atoms with Crippen LogP contribution in [-0.4, -0.2) is 19.6 Å². The monoisotopic (exact) mass is 440 g/mol. The molecule has 7 heteroatoms. The number of thioether (sulfide) groups is 1. The summed E-state index contributed by atoms with van der Waals surface area (Å²) in [6.45, 7) is 5.70. The predicted molar refractivity (Wildman–Crippen MR) is 124 cm³/mol. The number of nitrogens with one attached hydrogen (secondary N) is 2. The van der Waals surface area contributed by atoms with Crippen molar-refractivity contribution in [1.29, 1.82) is 0 Å². The fourth-order valence-electron chi connectivity index (χ4n) is 2.73. The smallest absolute Gasteiger partial charge is 0.261 e. The van der Waals surface area contributed by atoms with E-state index in [-0.39, 0.29) is 16.1 Å². The Balaban J connectivity index is 1.64. The average molecular weight is 441 g/mol. The highest BCUT2D eigenvalue weighted by atomic mass is 32.2. The number of amides is 1. The summed E-state index contributed by atoms with van der Waals surface area (Å²) in [6.07, 6.45) is 0. The zero-order chi connectivity index (χ0) is 21.7. The lowest BCUT2D eigenvalue weighted by atomic mass is 10.2. The minimum absolute atomic E-state index is 0.130. The SMILES string of the molecule is Cc1ccc(S[C@@H](C)C(=O)Nc2ccc(S(=O)(=O)Nc3ccccc3C)cc2)cc1. The summed E-state index contributed by atoms with van der Waals surface area (Å²) < 4.78 is 27.8. The van der Waals surface area contributed by atoms with Gasteiger partial charge in [-0.1, -0.05) is 35.9 Å². The topological polar surface area (TPSA) is 75.3 Å². The highest BCUT2D eigenvalue weighted by Crippen LogP contribution is 2.25. The van der Waals surface area contributed by atoms with E-state index in [1.807, 2.05) is 57.2 Å². The fourth-order valence-corrected chi connectivity index (χ4v) is 4.73. The molecular formula is C23H24N2O3S2. The van der Waals surface area contributed by atoms with Crippen LogP contribution in [0.15, 0.2) is 82.6 Å². The number of rotatable bonds is 7. The van der Waals surface area contributed by atoms with Crippen molar-refractivity contribution in [3.8, 4) is 0 Å². The number of carbonyl (C=O) groups excluding carboxylic acids is 1. The van der Waals surface area contributed by atoms with Gasteiger partial charge in [-0.3, -0.25) is 9.52 Å². The van der Waals surface area contributed by atoms with Crippen molar-refractivity contribution < 1.29 is 13.2 Å². The minimum Gasteiger partial charge on any atom is -0.325 e. The van der Waals surface area contributed by atoms with E-state index in [1.54, 1.807) is 24.3 Å². The van der Waals surface area contributed by atoms with Gasteiger partial charge in [-0.2, -0.15) is 0 Å². The Labute approximate surface area is 182 Å². The normalized spacial score (nSPS) is 12.2. The number of hydrogen-bond acceptors (Lipinski definition) is 4. The Morgan fingerprint density at radius 2 is 1.53 bits per heavy atom. The third-order valence-electron chi connectivity index (χ3n) is 4.52.